The molecule has 1 atom stereocenters. The molecule has 1 fully saturated rings. The van der Waals surface area contributed by atoms with Crippen molar-refractivity contribution >= 4 is 17.5 Å². The number of alkyl halides is 1. The molecule has 0 radical (unpaired) electrons. The molecule has 1 aliphatic carbocycles. The first-order valence-electron chi connectivity index (χ1n) is 5.29. The van der Waals surface area contributed by atoms with Crippen LogP contribution >= 0.6 is 11.6 Å². The molecule has 1 aromatic carbocycles. The molecule has 0 bridgehead atoms. The molecule has 0 heterocycles. The SMILES string of the molecule is COc1ccccc1C(Cl)C(=O)NC1CC1. The summed E-state index contributed by atoms with van der Waals surface area (Å²) in [4.78, 5) is 11.8. The molecule has 0 aromatic heterocycles. The van der Waals surface area contributed by atoms with Crippen molar-refractivity contribution in [2.24, 2.45) is 0 Å². The summed E-state index contributed by atoms with van der Waals surface area (Å²) < 4.78 is 5.17. The number of hydrogen-bond donors (Lipinski definition) is 1. The largest absolute Gasteiger partial charge is 0.496 e. The average Bonchev–Trinajstić information content (AvgIpc) is 3.11. The molecule has 3 nitrogen and oxygen atoms in total. The Bertz CT molecular complexity index is 390. The predicted molar refractivity (Wildman–Crippen MR) is 62.8 cm³/mol. The standard InChI is InChI=1S/C12H14ClNO2/c1-16-10-5-3-2-4-9(10)11(13)12(15)14-8-6-7-8/h2-5,8,11H,6-7H2,1H3,(H,14,15). The van der Waals surface area contributed by atoms with Crippen LogP contribution in [0.2, 0.25) is 0 Å². The molecule has 1 N–H and O–H groups in total. The summed E-state index contributed by atoms with van der Waals surface area (Å²) in [5.41, 5.74) is 0.713. The molecule has 0 saturated heterocycles. The van der Waals surface area contributed by atoms with Gasteiger partial charge in [-0.1, -0.05) is 18.2 Å². The van der Waals surface area contributed by atoms with Crippen molar-refractivity contribution in [2.75, 3.05) is 7.11 Å². The lowest BCUT2D eigenvalue weighted by atomic mass is 10.1. The van der Waals surface area contributed by atoms with E-state index in [0.29, 0.717) is 17.4 Å². The Kier molecular flexibility index (Phi) is 3.34. The Labute approximate surface area is 99.7 Å². The van der Waals surface area contributed by atoms with Gasteiger partial charge in [-0.15, -0.1) is 11.6 Å². The normalized spacial score (nSPS) is 16.6. The van der Waals surface area contributed by atoms with Crippen LogP contribution in [0.15, 0.2) is 24.3 Å². The number of benzene rings is 1. The van der Waals surface area contributed by atoms with Gasteiger partial charge >= 0.3 is 0 Å². The molecule has 1 unspecified atom stereocenters. The lowest BCUT2D eigenvalue weighted by Gasteiger charge is -2.13. The molecule has 1 saturated carbocycles. The summed E-state index contributed by atoms with van der Waals surface area (Å²) in [5, 5.41) is 2.19. The van der Waals surface area contributed by atoms with Crippen LogP contribution in [0, 0.1) is 0 Å². The van der Waals surface area contributed by atoms with E-state index in [1.807, 2.05) is 18.2 Å². The van der Waals surface area contributed by atoms with Crippen LogP contribution in [0.3, 0.4) is 0 Å². The first kappa shape index (κ1) is 11.3. The maximum atomic E-state index is 11.8. The third kappa shape index (κ3) is 2.47. The summed E-state index contributed by atoms with van der Waals surface area (Å²) in [6.45, 7) is 0. The quantitative estimate of drug-likeness (QED) is 0.819. The second kappa shape index (κ2) is 4.74. The number of carbonyl (C=O) groups excluding carboxylic acids is 1. The molecule has 0 aliphatic heterocycles. The number of ether oxygens (including phenoxy) is 1. The summed E-state index contributed by atoms with van der Waals surface area (Å²) in [7, 11) is 1.57. The zero-order valence-corrected chi connectivity index (χ0v) is 9.83. The van der Waals surface area contributed by atoms with E-state index in [0.717, 1.165) is 12.8 Å². The second-order valence-electron chi connectivity index (χ2n) is 3.89. The van der Waals surface area contributed by atoms with Gasteiger partial charge in [0.1, 0.15) is 11.1 Å². The molecule has 16 heavy (non-hydrogen) atoms. The summed E-state index contributed by atoms with van der Waals surface area (Å²) in [6.07, 6.45) is 2.11. The number of rotatable bonds is 4. The Morgan fingerprint density at radius 1 is 1.50 bits per heavy atom. The van der Waals surface area contributed by atoms with E-state index >= 15 is 0 Å². The van der Waals surface area contributed by atoms with Crippen LogP contribution in [0.25, 0.3) is 0 Å². The Balaban J connectivity index is 2.11. The first-order chi connectivity index (χ1) is 7.72. The lowest BCUT2D eigenvalue weighted by molar-refractivity contribution is -0.121. The van der Waals surface area contributed by atoms with Gasteiger partial charge < -0.3 is 10.1 Å². The van der Waals surface area contributed by atoms with Crippen LogP contribution in [-0.2, 0) is 4.79 Å². The van der Waals surface area contributed by atoms with Crippen molar-refractivity contribution in [3.8, 4) is 5.75 Å². The zero-order valence-electron chi connectivity index (χ0n) is 9.07. The second-order valence-corrected chi connectivity index (χ2v) is 4.32. The molecule has 0 spiro atoms. The van der Waals surface area contributed by atoms with Gasteiger partial charge in [-0.25, -0.2) is 0 Å². The van der Waals surface area contributed by atoms with Crippen molar-refractivity contribution in [2.45, 2.75) is 24.3 Å². The third-order valence-corrected chi connectivity index (χ3v) is 3.00. The predicted octanol–water partition coefficient (Wildman–Crippen LogP) is 2.25. The van der Waals surface area contributed by atoms with Gasteiger partial charge in [-0.3, -0.25) is 4.79 Å². The maximum absolute atomic E-state index is 11.8. The van der Waals surface area contributed by atoms with Crippen LogP contribution in [-0.4, -0.2) is 19.1 Å². The van der Waals surface area contributed by atoms with Crippen LogP contribution in [0.5, 0.6) is 5.75 Å². The van der Waals surface area contributed by atoms with Gasteiger partial charge in [0.05, 0.1) is 7.11 Å². The summed E-state index contributed by atoms with van der Waals surface area (Å²) >= 11 is 6.12. The summed E-state index contributed by atoms with van der Waals surface area (Å²) in [5.74, 6) is 0.502. The molecule has 2 rings (SSSR count). The Morgan fingerprint density at radius 3 is 2.81 bits per heavy atom. The zero-order chi connectivity index (χ0) is 11.5. The van der Waals surface area contributed by atoms with Crippen LogP contribution in [0.1, 0.15) is 23.8 Å². The Morgan fingerprint density at radius 2 is 2.19 bits per heavy atom. The number of amides is 1. The monoisotopic (exact) mass is 239 g/mol. The number of methoxy groups -OCH3 is 1. The van der Waals surface area contributed by atoms with Gasteiger partial charge in [0, 0.05) is 11.6 Å². The minimum absolute atomic E-state index is 0.145. The van der Waals surface area contributed by atoms with Crippen molar-refractivity contribution < 1.29 is 9.53 Å². The fraction of sp³-hybridized carbons (Fsp3) is 0.417. The average molecular weight is 240 g/mol. The maximum Gasteiger partial charge on any atom is 0.242 e. The molecular formula is C12H14ClNO2. The van der Waals surface area contributed by atoms with E-state index in [1.165, 1.54) is 0 Å². The highest BCUT2D eigenvalue weighted by Crippen LogP contribution is 2.30. The van der Waals surface area contributed by atoms with Crippen molar-refractivity contribution in [1.82, 2.24) is 5.32 Å². The minimum atomic E-state index is -0.684. The van der Waals surface area contributed by atoms with E-state index in [4.69, 9.17) is 16.3 Å². The highest BCUT2D eigenvalue weighted by molar-refractivity contribution is 6.31. The molecule has 1 amide bonds. The van der Waals surface area contributed by atoms with Gasteiger partial charge in [0.25, 0.3) is 0 Å². The van der Waals surface area contributed by atoms with Crippen LogP contribution < -0.4 is 10.1 Å². The topological polar surface area (TPSA) is 38.3 Å². The number of carbonyl (C=O) groups is 1. The molecule has 86 valence electrons. The third-order valence-electron chi connectivity index (χ3n) is 2.57. The van der Waals surface area contributed by atoms with Gasteiger partial charge in [0.15, 0.2) is 0 Å². The summed E-state index contributed by atoms with van der Waals surface area (Å²) in [6, 6.07) is 7.63. The smallest absolute Gasteiger partial charge is 0.242 e. The minimum Gasteiger partial charge on any atom is -0.496 e. The number of nitrogens with one attached hydrogen (secondary N) is 1. The fourth-order valence-electron chi connectivity index (χ4n) is 1.52. The van der Waals surface area contributed by atoms with Gasteiger partial charge in [-0.2, -0.15) is 0 Å². The van der Waals surface area contributed by atoms with Gasteiger partial charge in [-0.05, 0) is 18.9 Å². The first-order valence-corrected chi connectivity index (χ1v) is 5.73. The van der Waals surface area contributed by atoms with E-state index < -0.39 is 5.38 Å². The lowest BCUT2D eigenvalue weighted by Crippen LogP contribution is -2.28. The molecule has 4 heteroatoms. The highest BCUT2D eigenvalue weighted by Gasteiger charge is 2.28. The van der Waals surface area contributed by atoms with E-state index in [9.17, 15) is 4.79 Å². The number of para-hydroxylation sites is 1. The van der Waals surface area contributed by atoms with Crippen LogP contribution in [0.4, 0.5) is 0 Å². The van der Waals surface area contributed by atoms with Crippen molar-refractivity contribution in [3.63, 3.8) is 0 Å². The van der Waals surface area contributed by atoms with E-state index in [2.05, 4.69) is 5.32 Å². The van der Waals surface area contributed by atoms with Crippen molar-refractivity contribution in [1.29, 1.82) is 0 Å². The molecule has 1 aromatic rings. The number of hydrogen-bond acceptors (Lipinski definition) is 2. The highest BCUT2D eigenvalue weighted by atomic mass is 35.5. The Hall–Kier alpha value is -1.22. The van der Waals surface area contributed by atoms with E-state index in [1.54, 1.807) is 13.2 Å². The number of halogens is 1. The fourth-order valence-corrected chi connectivity index (χ4v) is 1.76. The van der Waals surface area contributed by atoms with Gasteiger partial charge in [0.2, 0.25) is 5.91 Å². The molecule has 1 aliphatic rings. The van der Waals surface area contributed by atoms with E-state index in [-0.39, 0.29) is 5.91 Å². The molecular weight excluding hydrogens is 226 g/mol. The van der Waals surface area contributed by atoms with Crippen molar-refractivity contribution in [3.05, 3.63) is 29.8 Å².